The Morgan fingerprint density at radius 1 is 1.05 bits per heavy atom. The fourth-order valence-electron chi connectivity index (χ4n) is 1.20. The Morgan fingerprint density at radius 2 is 1.55 bits per heavy atom. The van der Waals surface area contributed by atoms with E-state index in [2.05, 4.69) is 15.6 Å². The van der Waals surface area contributed by atoms with E-state index in [1.165, 1.54) is 7.05 Å². The van der Waals surface area contributed by atoms with E-state index >= 15 is 0 Å². The highest BCUT2D eigenvalue weighted by Gasteiger charge is 2.25. The topological polar surface area (TPSA) is 92.3 Å². The molecule has 0 spiro atoms. The highest BCUT2D eigenvalue weighted by atomic mass is 16.6. The molecule has 0 aromatic carbocycles. The van der Waals surface area contributed by atoms with Gasteiger partial charge in [0.25, 0.3) is 0 Å². The zero-order valence-corrected chi connectivity index (χ0v) is 14.7. The van der Waals surface area contributed by atoms with Crippen LogP contribution >= 0.6 is 0 Å². The van der Waals surface area contributed by atoms with Crippen LogP contribution in [0.25, 0.3) is 0 Å². The minimum absolute atomic E-state index is 0.0397. The largest absolute Gasteiger partial charge is 0.444 e. The molecule has 0 atom stereocenters. The van der Waals surface area contributed by atoms with Crippen molar-refractivity contribution in [1.82, 2.24) is 15.5 Å². The quantitative estimate of drug-likeness (QED) is 0.600. The van der Waals surface area contributed by atoms with Gasteiger partial charge in [-0.15, -0.1) is 0 Å². The van der Waals surface area contributed by atoms with Gasteiger partial charge in [-0.25, -0.2) is 14.6 Å². The summed E-state index contributed by atoms with van der Waals surface area (Å²) in [7, 11) is 3.15. The van der Waals surface area contributed by atoms with Crippen molar-refractivity contribution in [2.24, 2.45) is 4.99 Å². The normalized spacial score (nSPS) is 12.6. The van der Waals surface area contributed by atoms with Gasteiger partial charge in [-0.3, -0.25) is 10.2 Å². The van der Waals surface area contributed by atoms with Crippen molar-refractivity contribution < 1.29 is 19.1 Å². The summed E-state index contributed by atoms with van der Waals surface area (Å²) in [6.07, 6.45) is -1.32. The number of nitrogens with one attached hydrogen (secondary N) is 2. The lowest BCUT2D eigenvalue weighted by Crippen LogP contribution is -2.48. The molecule has 8 nitrogen and oxygen atoms in total. The van der Waals surface area contributed by atoms with Crippen LogP contribution in [-0.2, 0) is 9.47 Å². The predicted octanol–water partition coefficient (Wildman–Crippen LogP) is 1.91. The maximum Gasteiger partial charge on any atom is 0.416 e. The zero-order valence-electron chi connectivity index (χ0n) is 14.7. The monoisotopic (exact) mass is 316 g/mol. The molecular formula is C14H28N4O4. The minimum atomic E-state index is -0.697. The van der Waals surface area contributed by atoms with E-state index in [-0.39, 0.29) is 12.6 Å². The molecule has 0 heterocycles. The number of guanidine groups is 1. The second-order valence-corrected chi connectivity index (χ2v) is 6.66. The van der Waals surface area contributed by atoms with Crippen molar-refractivity contribution >= 4 is 18.1 Å². The molecule has 0 radical (unpaired) electrons. The molecule has 2 N–H and O–H groups in total. The fraction of sp³-hybridized carbons (Fsp3) is 0.786. The van der Waals surface area contributed by atoms with Crippen LogP contribution in [0, 0.1) is 0 Å². The third-order valence-corrected chi connectivity index (χ3v) is 1.98. The molecule has 128 valence electrons. The molecule has 0 rings (SSSR count). The van der Waals surface area contributed by atoms with E-state index in [0.717, 1.165) is 4.90 Å². The molecule has 0 saturated heterocycles. The van der Waals surface area contributed by atoms with E-state index < -0.39 is 23.4 Å². The highest BCUT2D eigenvalue weighted by Crippen LogP contribution is 2.10. The molecule has 0 saturated carbocycles. The second kappa shape index (κ2) is 7.98. The first-order chi connectivity index (χ1) is 9.85. The first-order valence-corrected chi connectivity index (χ1v) is 7.01. The number of aliphatic imine (C=N–C) groups is 1. The zero-order chi connectivity index (χ0) is 17.6. The van der Waals surface area contributed by atoms with Crippen LogP contribution in [0.4, 0.5) is 9.59 Å². The lowest BCUT2D eigenvalue weighted by molar-refractivity contribution is 0.0391. The second-order valence-electron chi connectivity index (χ2n) is 6.66. The summed E-state index contributed by atoms with van der Waals surface area (Å²) < 4.78 is 10.4. The summed E-state index contributed by atoms with van der Waals surface area (Å²) in [5, 5.41) is 5.25. The molecule has 0 aliphatic rings. The molecule has 0 fully saturated rings. The molecule has 8 heteroatoms. The molecule has 0 aliphatic carbocycles. The fourth-order valence-corrected chi connectivity index (χ4v) is 1.20. The Morgan fingerprint density at radius 3 is 1.95 bits per heavy atom. The van der Waals surface area contributed by atoms with Gasteiger partial charge in [0.1, 0.15) is 11.2 Å². The van der Waals surface area contributed by atoms with E-state index in [1.54, 1.807) is 48.6 Å². The van der Waals surface area contributed by atoms with Crippen LogP contribution in [-0.4, -0.2) is 55.0 Å². The number of rotatable bonds is 2. The van der Waals surface area contributed by atoms with Gasteiger partial charge in [-0.05, 0) is 48.6 Å². The van der Waals surface area contributed by atoms with Crippen LogP contribution in [0.3, 0.4) is 0 Å². The molecule has 0 aromatic rings. The van der Waals surface area contributed by atoms with Crippen molar-refractivity contribution in [3.8, 4) is 0 Å². The van der Waals surface area contributed by atoms with Crippen molar-refractivity contribution in [3.05, 3.63) is 0 Å². The highest BCUT2D eigenvalue weighted by molar-refractivity contribution is 6.01. The number of alkyl carbamates (subject to hydrolysis) is 1. The summed E-state index contributed by atoms with van der Waals surface area (Å²) in [6.45, 7) is 10.7. The first-order valence-electron chi connectivity index (χ1n) is 7.01. The smallest absolute Gasteiger partial charge is 0.416 e. The van der Waals surface area contributed by atoms with Gasteiger partial charge >= 0.3 is 12.2 Å². The summed E-state index contributed by atoms with van der Waals surface area (Å²) in [4.78, 5) is 29.1. The maximum absolute atomic E-state index is 12.0. The number of ether oxygens (including phenoxy) is 2. The number of carbonyl (C=O) groups excluding carboxylic acids is 2. The Kier molecular flexibility index (Phi) is 7.31. The minimum Gasteiger partial charge on any atom is -0.444 e. The van der Waals surface area contributed by atoms with Gasteiger partial charge in [-0.1, -0.05) is 0 Å². The summed E-state index contributed by atoms with van der Waals surface area (Å²) in [5.41, 5.74) is -1.30. The Hall–Kier alpha value is -1.83. The number of carbonyl (C=O) groups is 2. The third-order valence-electron chi connectivity index (χ3n) is 1.98. The van der Waals surface area contributed by atoms with Crippen molar-refractivity contribution in [1.29, 1.82) is 0 Å². The standard InChI is InChI=1S/C14H28N4O4/c1-13(2,3)21-11(19)17-10(16-9-15-7)18(8)12(20)22-14(4,5)6/h15H,9H2,1-8H3,(H,16,17,19). The van der Waals surface area contributed by atoms with Gasteiger partial charge in [0.05, 0.1) is 6.67 Å². The van der Waals surface area contributed by atoms with Crippen molar-refractivity contribution in [2.45, 2.75) is 52.7 Å². The van der Waals surface area contributed by atoms with Crippen LogP contribution in [0.2, 0.25) is 0 Å². The van der Waals surface area contributed by atoms with Gasteiger partial charge in [-0.2, -0.15) is 0 Å². The van der Waals surface area contributed by atoms with Crippen molar-refractivity contribution in [2.75, 3.05) is 20.8 Å². The van der Waals surface area contributed by atoms with Crippen LogP contribution in [0.15, 0.2) is 4.99 Å². The molecule has 0 aliphatic heterocycles. The van der Waals surface area contributed by atoms with Crippen LogP contribution in [0.5, 0.6) is 0 Å². The molecule has 22 heavy (non-hydrogen) atoms. The average molecular weight is 316 g/mol. The predicted molar refractivity (Wildman–Crippen MR) is 84.7 cm³/mol. The maximum atomic E-state index is 12.0. The molecule has 0 aromatic heterocycles. The van der Waals surface area contributed by atoms with E-state index in [4.69, 9.17) is 9.47 Å². The Bertz CT molecular complexity index is 422. The van der Waals surface area contributed by atoms with E-state index in [0.29, 0.717) is 0 Å². The van der Waals surface area contributed by atoms with Gasteiger partial charge in [0.2, 0.25) is 5.96 Å². The SMILES string of the molecule is CNC/N=C(\NC(=O)OC(C)(C)C)N(C)C(=O)OC(C)(C)C. The Labute approximate surface area is 132 Å². The first kappa shape index (κ1) is 20.2. The summed E-state index contributed by atoms with van der Waals surface area (Å²) in [6, 6.07) is 0. The van der Waals surface area contributed by atoms with E-state index in [1.807, 2.05) is 0 Å². The third kappa shape index (κ3) is 9.17. The molecule has 0 unspecified atom stereocenters. The van der Waals surface area contributed by atoms with Crippen LogP contribution in [0.1, 0.15) is 41.5 Å². The molecular weight excluding hydrogens is 288 g/mol. The van der Waals surface area contributed by atoms with Gasteiger partial charge < -0.3 is 14.8 Å². The Balaban J connectivity index is 4.98. The van der Waals surface area contributed by atoms with Gasteiger partial charge in [0.15, 0.2) is 0 Å². The number of amides is 2. The number of nitrogens with zero attached hydrogens (tertiary/aromatic N) is 2. The molecule has 0 bridgehead atoms. The average Bonchev–Trinajstić information content (AvgIpc) is 2.29. The van der Waals surface area contributed by atoms with Gasteiger partial charge in [0, 0.05) is 7.05 Å². The van der Waals surface area contributed by atoms with Crippen LogP contribution < -0.4 is 10.6 Å². The lowest BCUT2D eigenvalue weighted by atomic mass is 10.2. The number of hydrogen-bond donors (Lipinski definition) is 2. The summed E-state index contributed by atoms with van der Waals surface area (Å²) in [5.74, 6) is 0.0397. The molecule has 2 amide bonds. The summed E-state index contributed by atoms with van der Waals surface area (Å²) >= 11 is 0. The lowest BCUT2D eigenvalue weighted by Gasteiger charge is -2.26. The van der Waals surface area contributed by atoms with Crippen molar-refractivity contribution in [3.63, 3.8) is 0 Å². The van der Waals surface area contributed by atoms with E-state index in [9.17, 15) is 9.59 Å². The number of hydrogen-bond acceptors (Lipinski definition) is 6.